The van der Waals surface area contributed by atoms with Gasteiger partial charge in [0, 0.05) is 10.7 Å². The van der Waals surface area contributed by atoms with Gasteiger partial charge in [0.2, 0.25) is 0 Å². The molecule has 0 saturated carbocycles. The fourth-order valence-electron chi connectivity index (χ4n) is 1.27. The third-order valence-corrected chi connectivity index (χ3v) is 2.88. The molecule has 1 amide bonds. The minimum absolute atomic E-state index is 0.135. The van der Waals surface area contributed by atoms with E-state index in [-0.39, 0.29) is 22.7 Å². The predicted molar refractivity (Wildman–Crippen MR) is 67.0 cm³/mol. The van der Waals surface area contributed by atoms with Gasteiger partial charge in [0.25, 0.3) is 5.91 Å². The number of aromatic nitrogens is 5. The highest BCUT2D eigenvalue weighted by Crippen LogP contribution is 2.18. The van der Waals surface area contributed by atoms with Crippen LogP contribution in [0.4, 0.5) is 0 Å². The summed E-state index contributed by atoms with van der Waals surface area (Å²) in [5.74, 6) is 0.0357. The van der Waals surface area contributed by atoms with E-state index < -0.39 is 0 Å². The first kappa shape index (κ1) is 12.9. The number of carbonyl (C=O) groups excluding carboxylic acids is 1. The molecule has 0 aliphatic carbocycles. The summed E-state index contributed by atoms with van der Waals surface area (Å²) in [5.41, 5.74) is 0.279. The molecule has 1 unspecified atom stereocenters. The van der Waals surface area contributed by atoms with E-state index in [9.17, 15) is 4.79 Å². The number of carbonyl (C=O) groups is 1. The Labute approximate surface area is 115 Å². The summed E-state index contributed by atoms with van der Waals surface area (Å²) in [7, 11) is 0. The van der Waals surface area contributed by atoms with Crippen molar-refractivity contribution in [2.75, 3.05) is 0 Å². The number of hydrogen-bond acceptors (Lipinski definition) is 5. The molecule has 2 aromatic rings. The molecule has 9 heteroatoms. The van der Waals surface area contributed by atoms with Crippen molar-refractivity contribution >= 4 is 33.4 Å². The molecule has 2 rings (SSSR count). The second-order valence-corrected chi connectivity index (χ2v) is 4.73. The van der Waals surface area contributed by atoms with Gasteiger partial charge in [0.15, 0.2) is 5.82 Å². The number of pyridine rings is 1. The van der Waals surface area contributed by atoms with Gasteiger partial charge in [-0.1, -0.05) is 16.8 Å². The molecule has 0 aromatic carbocycles. The van der Waals surface area contributed by atoms with E-state index in [1.54, 1.807) is 13.0 Å². The summed E-state index contributed by atoms with van der Waals surface area (Å²) in [6.45, 7) is 1.74. The smallest absolute Gasteiger partial charge is 0.255 e. The zero-order valence-corrected chi connectivity index (χ0v) is 11.5. The van der Waals surface area contributed by atoms with Crippen LogP contribution in [0.3, 0.4) is 0 Å². The van der Waals surface area contributed by atoms with Gasteiger partial charge in [-0.25, -0.2) is 4.98 Å². The van der Waals surface area contributed by atoms with Crippen molar-refractivity contribution in [1.82, 2.24) is 30.9 Å². The molecule has 94 valence electrons. The van der Waals surface area contributed by atoms with Gasteiger partial charge >= 0.3 is 0 Å². The molecule has 2 N–H and O–H groups in total. The van der Waals surface area contributed by atoms with Crippen LogP contribution >= 0.6 is 27.5 Å². The third-order valence-electron chi connectivity index (χ3n) is 2.15. The second kappa shape index (κ2) is 5.40. The van der Waals surface area contributed by atoms with Crippen molar-refractivity contribution in [3.63, 3.8) is 0 Å². The first-order valence-corrected chi connectivity index (χ1v) is 6.10. The Morgan fingerprint density at radius 3 is 3.06 bits per heavy atom. The first-order chi connectivity index (χ1) is 8.58. The van der Waals surface area contributed by atoms with Crippen LogP contribution in [0.2, 0.25) is 5.15 Å². The van der Waals surface area contributed by atoms with Crippen molar-refractivity contribution in [2.24, 2.45) is 0 Å². The van der Waals surface area contributed by atoms with E-state index in [0.717, 1.165) is 0 Å². The lowest BCUT2D eigenvalue weighted by Gasteiger charge is -2.10. The summed E-state index contributed by atoms with van der Waals surface area (Å²) in [4.78, 5) is 15.9. The van der Waals surface area contributed by atoms with Crippen molar-refractivity contribution in [1.29, 1.82) is 0 Å². The van der Waals surface area contributed by atoms with Crippen LogP contribution in [0.15, 0.2) is 16.7 Å². The zero-order chi connectivity index (χ0) is 13.1. The van der Waals surface area contributed by atoms with Gasteiger partial charge in [-0.05, 0) is 28.9 Å². The van der Waals surface area contributed by atoms with Crippen molar-refractivity contribution in [2.45, 2.75) is 13.0 Å². The maximum atomic E-state index is 12.0. The molecule has 0 spiro atoms. The molecule has 7 nitrogen and oxygen atoms in total. The summed E-state index contributed by atoms with van der Waals surface area (Å²) in [5, 5.41) is 16.1. The van der Waals surface area contributed by atoms with Crippen LogP contribution in [-0.2, 0) is 0 Å². The van der Waals surface area contributed by atoms with Crippen molar-refractivity contribution in [3.05, 3.63) is 33.3 Å². The van der Waals surface area contributed by atoms with Crippen LogP contribution in [0.5, 0.6) is 0 Å². The summed E-state index contributed by atoms with van der Waals surface area (Å²) in [6, 6.07) is 1.21. The molecular formula is C9H8BrClN6O. The van der Waals surface area contributed by atoms with Crippen molar-refractivity contribution < 1.29 is 4.79 Å². The number of halogens is 2. The number of amides is 1. The normalized spacial score (nSPS) is 12.2. The average Bonchev–Trinajstić information content (AvgIpc) is 2.85. The molecule has 0 radical (unpaired) electrons. The summed E-state index contributed by atoms with van der Waals surface area (Å²) in [6.07, 6.45) is 1.52. The van der Waals surface area contributed by atoms with E-state index in [4.69, 9.17) is 11.6 Å². The highest BCUT2D eigenvalue weighted by molar-refractivity contribution is 9.10. The molecule has 18 heavy (non-hydrogen) atoms. The lowest BCUT2D eigenvalue weighted by molar-refractivity contribution is 0.0938. The molecule has 0 aliphatic rings. The Bertz CT molecular complexity index is 560. The molecule has 1 atom stereocenters. The maximum Gasteiger partial charge on any atom is 0.255 e. The fourth-order valence-corrected chi connectivity index (χ4v) is 1.79. The molecule has 0 aliphatic heterocycles. The van der Waals surface area contributed by atoms with Crippen LogP contribution in [0.1, 0.15) is 29.1 Å². The maximum absolute atomic E-state index is 12.0. The monoisotopic (exact) mass is 330 g/mol. The minimum Gasteiger partial charge on any atom is -0.342 e. The predicted octanol–water partition coefficient (Wildman–Crippen LogP) is 1.50. The molecule has 0 fully saturated rings. The van der Waals surface area contributed by atoms with Crippen LogP contribution in [0.25, 0.3) is 0 Å². The average molecular weight is 332 g/mol. The van der Waals surface area contributed by atoms with Gasteiger partial charge < -0.3 is 5.32 Å². The fraction of sp³-hybridized carbons (Fsp3) is 0.222. The lowest BCUT2D eigenvalue weighted by Crippen LogP contribution is -2.27. The lowest BCUT2D eigenvalue weighted by atomic mass is 10.2. The van der Waals surface area contributed by atoms with Crippen LogP contribution < -0.4 is 5.32 Å². The Morgan fingerprint density at radius 2 is 2.39 bits per heavy atom. The van der Waals surface area contributed by atoms with E-state index >= 15 is 0 Å². The third kappa shape index (κ3) is 2.82. The number of hydrogen-bond donors (Lipinski definition) is 2. The van der Waals surface area contributed by atoms with Gasteiger partial charge in [-0.2, -0.15) is 5.21 Å². The van der Waals surface area contributed by atoms with E-state index in [2.05, 4.69) is 46.9 Å². The van der Waals surface area contributed by atoms with Gasteiger partial charge in [0.05, 0.1) is 11.6 Å². The van der Waals surface area contributed by atoms with E-state index in [1.807, 2.05) is 0 Å². The van der Waals surface area contributed by atoms with E-state index in [0.29, 0.717) is 10.3 Å². The number of rotatable bonds is 3. The Balaban J connectivity index is 2.15. The van der Waals surface area contributed by atoms with Crippen LogP contribution in [-0.4, -0.2) is 31.5 Å². The standard InChI is InChI=1S/C9H8BrClN6O/c1-4(8-14-16-17-15-8)13-9(18)6-2-5(10)3-12-7(6)11/h2-4H,1H3,(H,13,18)(H,14,15,16,17). The Hall–Kier alpha value is -1.54. The Kier molecular flexibility index (Phi) is 3.87. The summed E-state index contributed by atoms with van der Waals surface area (Å²) < 4.78 is 0.671. The molecular weight excluding hydrogens is 323 g/mol. The summed E-state index contributed by atoms with van der Waals surface area (Å²) >= 11 is 9.09. The second-order valence-electron chi connectivity index (χ2n) is 3.46. The topological polar surface area (TPSA) is 96.5 Å². The first-order valence-electron chi connectivity index (χ1n) is 4.93. The minimum atomic E-state index is -0.383. The molecule has 0 saturated heterocycles. The molecule has 0 bridgehead atoms. The molecule has 2 aromatic heterocycles. The zero-order valence-electron chi connectivity index (χ0n) is 9.19. The largest absolute Gasteiger partial charge is 0.342 e. The number of nitrogens with one attached hydrogen (secondary N) is 2. The Morgan fingerprint density at radius 1 is 1.61 bits per heavy atom. The SMILES string of the molecule is CC(NC(=O)c1cc(Br)cnc1Cl)c1nn[nH]n1. The number of tetrazole rings is 1. The van der Waals surface area contributed by atoms with E-state index in [1.165, 1.54) is 6.20 Å². The van der Waals surface area contributed by atoms with Gasteiger partial charge in [-0.15, -0.1) is 10.2 Å². The number of H-pyrrole nitrogens is 1. The highest BCUT2D eigenvalue weighted by atomic mass is 79.9. The van der Waals surface area contributed by atoms with Gasteiger partial charge in [-0.3, -0.25) is 4.79 Å². The quantitative estimate of drug-likeness (QED) is 0.831. The van der Waals surface area contributed by atoms with Gasteiger partial charge in [0.1, 0.15) is 5.15 Å². The van der Waals surface area contributed by atoms with Crippen LogP contribution in [0, 0.1) is 0 Å². The highest BCUT2D eigenvalue weighted by Gasteiger charge is 2.17. The number of nitrogens with zero attached hydrogens (tertiary/aromatic N) is 4. The molecule has 2 heterocycles. The number of aromatic amines is 1. The van der Waals surface area contributed by atoms with Crippen molar-refractivity contribution in [3.8, 4) is 0 Å².